The summed E-state index contributed by atoms with van der Waals surface area (Å²) in [6.45, 7) is 8.84. The molecule has 0 aromatic carbocycles. The van der Waals surface area contributed by atoms with Crippen molar-refractivity contribution in [1.82, 2.24) is 5.32 Å². The van der Waals surface area contributed by atoms with E-state index in [1.165, 1.54) is 11.3 Å². The van der Waals surface area contributed by atoms with Gasteiger partial charge in [-0.15, -0.1) is 17.9 Å². The summed E-state index contributed by atoms with van der Waals surface area (Å²) in [6, 6.07) is 2.03. The molecule has 0 bridgehead atoms. The molecule has 0 spiro atoms. The molecular formula is C14H20N4O2S. The van der Waals surface area contributed by atoms with Crippen molar-refractivity contribution in [2.45, 2.75) is 20.0 Å². The number of nitrogens with zero attached hydrogens (tertiary/aromatic N) is 1. The Morgan fingerprint density at radius 2 is 2.33 bits per heavy atom. The molecule has 114 valence electrons. The highest BCUT2D eigenvalue weighted by molar-refractivity contribution is 7.18. The quantitative estimate of drug-likeness (QED) is 0.503. The smallest absolute Gasteiger partial charge is 0.263 e. The van der Waals surface area contributed by atoms with E-state index < -0.39 is 0 Å². The zero-order chi connectivity index (χ0) is 15.8. The van der Waals surface area contributed by atoms with Crippen LogP contribution in [0.25, 0.3) is 0 Å². The van der Waals surface area contributed by atoms with Gasteiger partial charge in [-0.25, -0.2) is 0 Å². The molecule has 0 fully saturated rings. The minimum absolute atomic E-state index is 0.149. The number of carbonyl (C=O) groups excluding carboxylic acids is 1. The maximum absolute atomic E-state index is 11.9. The van der Waals surface area contributed by atoms with Gasteiger partial charge in [0.15, 0.2) is 0 Å². The number of amides is 1. The summed E-state index contributed by atoms with van der Waals surface area (Å²) in [5.74, 6) is -0.305. The average molecular weight is 308 g/mol. The minimum atomic E-state index is -0.305. The predicted octanol–water partition coefficient (Wildman–Crippen LogP) is 1.95. The largest absolute Gasteiger partial charge is 0.396 e. The molecule has 1 rings (SSSR count). The lowest BCUT2D eigenvalue weighted by atomic mass is 10.2. The van der Waals surface area contributed by atoms with E-state index in [0.717, 1.165) is 0 Å². The highest BCUT2D eigenvalue weighted by Gasteiger charge is 2.20. The van der Waals surface area contributed by atoms with Gasteiger partial charge in [0.2, 0.25) is 0 Å². The number of hydrogen-bond donors (Lipinski definition) is 3. The van der Waals surface area contributed by atoms with Gasteiger partial charge in [-0.1, -0.05) is 6.08 Å². The van der Waals surface area contributed by atoms with Crippen molar-refractivity contribution >= 4 is 27.9 Å². The molecule has 21 heavy (non-hydrogen) atoms. The van der Waals surface area contributed by atoms with Gasteiger partial charge in [-0.05, 0) is 13.8 Å². The zero-order valence-electron chi connectivity index (χ0n) is 12.2. The Morgan fingerprint density at radius 1 is 1.62 bits per heavy atom. The van der Waals surface area contributed by atoms with Crippen molar-refractivity contribution in [3.8, 4) is 6.07 Å². The fourth-order valence-electron chi connectivity index (χ4n) is 1.55. The monoisotopic (exact) mass is 308 g/mol. The average Bonchev–Trinajstić information content (AvgIpc) is 2.77. The molecule has 4 N–H and O–H groups in total. The van der Waals surface area contributed by atoms with E-state index in [0.29, 0.717) is 35.1 Å². The van der Waals surface area contributed by atoms with Crippen molar-refractivity contribution in [2.75, 3.05) is 30.7 Å². The molecule has 1 amide bonds. The first-order chi connectivity index (χ1) is 10.0. The third kappa shape index (κ3) is 4.77. The second-order valence-electron chi connectivity index (χ2n) is 4.51. The SMILES string of the molecule is C=CCNC(=O)c1sc(NCCOC(C)C)c(C#N)c1N. The van der Waals surface area contributed by atoms with Crippen LogP contribution < -0.4 is 16.4 Å². The molecule has 0 radical (unpaired) electrons. The molecule has 0 aliphatic heterocycles. The molecule has 1 heterocycles. The van der Waals surface area contributed by atoms with E-state index in [1.807, 2.05) is 19.9 Å². The number of thiophene rings is 1. The number of ether oxygens (including phenoxy) is 1. The summed E-state index contributed by atoms with van der Waals surface area (Å²) >= 11 is 1.17. The third-order valence-electron chi connectivity index (χ3n) is 2.51. The second kappa shape index (κ2) is 8.29. The maximum Gasteiger partial charge on any atom is 0.263 e. The Kier molecular flexibility index (Phi) is 6.72. The summed E-state index contributed by atoms with van der Waals surface area (Å²) < 4.78 is 5.41. The summed E-state index contributed by atoms with van der Waals surface area (Å²) in [5.41, 5.74) is 6.37. The number of anilines is 2. The van der Waals surface area contributed by atoms with Crippen LogP contribution in [0.1, 0.15) is 29.1 Å². The Labute approximate surface area is 128 Å². The third-order valence-corrected chi connectivity index (χ3v) is 3.67. The van der Waals surface area contributed by atoms with Gasteiger partial charge in [0.1, 0.15) is 21.5 Å². The fraction of sp³-hybridized carbons (Fsp3) is 0.429. The van der Waals surface area contributed by atoms with Crippen LogP contribution in [0.3, 0.4) is 0 Å². The number of hydrogen-bond acceptors (Lipinski definition) is 6. The second-order valence-corrected chi connectivity index (χ2v) is 5.53. The number of rotatable bonds is 8. The first kappa shape index (κ1) is 17.0. The Morgan fingerprint density at radius 3 is 2.90 bits per heavy atom. The van der Waals surface area contributed by atoms with E-state index in [2.05, 4.69) is 17.2 Å². The van der Waals surface area contributed by atoms with Crippen LogP contribution in [0.4, 0.5) is 10.7 Å². The normalized spacial score (nSPS) is 10.2. The number of nitrogens with two attached hydrogens (primary N) is 1. The van der Waals surface area contributed by atoms with Gasteiger partial charge in [0.05, 0.1) is 18.4 Å². The molecule has 0 saturated carbocycles. The van der Waals surface area contributed by atoms with Crippen LogP contribution >= 0.6 is 11.3 Å². The van der Waals surface area contributed by atoms with Gasteiger partial charge in [-0.2, -0.15) is 5.26 Å². The topological polar surface area (TPSA) is 100 Å². The summed E-state index contributed by atoms with van der Waals surface area (Å²) in [5, 5.41) is 15.5. The molecule has 6 nitrogen and oxygen atoms in total. The van der Waals surface area contributed by atoms with E-state index in [9.17, 15) is 10.1 Å². The fourth-order valence-corrected chi connectivity index (χ4v) is 2.57. The standard InChI is InChI=1S/C14H20N4O2S/c1-4-5-17-13(19)12-11(16)10(8-15)14(21-12)18-6-7-20-9(2)3/h4,9,18H,1,5-7,16H2,2-3H3,(H,17,19). The van der Waals surface area contributed by atoms with E-state index in [-0.39, 0.29) is 17.7 Å². The van der Waals surface area contributed by atoms with E-state index in [4.69, 9.17) is 10.5 Å². The highest BCUT2D eigenvalue weighted by Crippen LogP contribution is 2.34. The lowest BCUT2D eigenvalue weighted by Crippen LogP contribution is -2.23. The van der Waals surface area contributed by atoms with Gasteiger partial charge >= 0.3 is 0 Å². The van der Waals surface area contributed by atoms with Crippen molar-refractivity contribution in [3.63, 3.8) is 0 Å². The van der Waals surface area contributed by atoms with Crippen LogP contribution in [0.5, 0.6) is 0 Å². The number of nitrogen functional groups attached to an aromatic ring is 1. The Balaban J connectivity index is 2.78. The van der Waals surface area contributed by atoms with E-state index >= 15 is 0 Å². The van der Waals surface area contributed by atoms with Crippen molar-refractivity contribution in [1.29, 1.82) is 5.26 Å². The van der Waals surface area contributed by atoms with Crippen LogP contribution in [0.15, 0.2) is 12.7 Å². The van der Waals surface area contributed by atoms with Crippen LogP contribution in [-0.2, 0) is 4.74 Å². The lowest BCUT2D eigenvalue weighted by Gasteiger charge is -2.08. The number of nitrogens with one attached hydrogen (secondary N) is 2. The van der Waals surface area contributed by atoms with Crippen molar-refractivity contribution in [2.24, 2.45) is 0 Å². The molecule has 1 aromatic heterocycles. The van der Waals surface area contributed by atoms with Crippen LogP contribution in [-0.4, -0.2) is 31.7 Å². The van der Waals surface area contributed by atoms with Crippen LogP contribution in [0, 0.1) is 11.3 Å². The maximum atomic E-state index is 11.9. The molecule has 0 unspecified atom stereocenters. The van der Waals surface area contributed by atoms with Crippen molar-refractivity contribution in [3.05, 3.63) is 23.1 Å². The molecule has 7 heteroatoms. The predicted molar refractivity (Wildman–Crippen MR) is 85.6 cm³/mol. The summed E-state index contributed by atoms with van der Waals surface area (Å²) in [4.78, 5) is 12.3. The lowest BCUT2D eigenvalue weighted by molar-refractivity contribution is 0.0871. The first-order valence-electron chi connectivity index (χ1n) is 6.58. The number of carbonyl (C=O) groups is 1. The zero-order valence-corrected chi connectivity index (χ0v) is 13.0. The minimum Gasteiger partial charge on any atom is -0.396 e. The molecule has 1 aromatic rings. The summed E-state index contributed by atoms with van der Waals surface area (Å²) in [7, 11) is 0. The van der Waals surface area contributed by atoms with Crippen LogP contribution in [0.2, 0.25) is 0 Å². The van der Waals surface area contributed by atoms with E-state index in [1.54, 1.807) is 6.08 Å². The highest BCUT2D eigenvalue weighted by atomic mass is 32.1. The summed E-state index contributed by atoms with van der Waals surface area (Å²) in [6.07, 6.45) is 1.73. The van der Waals surface area contributed by atoms with Crippen molar-refractivity contribution < 1.29 is 9.53 Å². The molecular weight excluding hydrogens is 288 g/mol. The van der Waals surface area contributed by atoms with Gasteiger partial charge in [-0.3, -0.25) is 4.79 Å². The molecule has 0 aliphatic carbocycles. The van der Waals surface area contributed by atoms with Gasteiger partial charge in [0.25, 0.3) is 5.91 Å². The van der Waals surface area contributed by atoms with Gasteiger partial charge < -0.3 is 21.1 Å². The molecule has 0 atom stereocenters. The Hall–Kier alpha value is -2.04. The molecule has 0 aliphatic rings. The van der Waals surface area contributed by atoms with Gasteiger partial charge in [0, 0.05) is 13.1 Å². The first-order valence-corrected chi connectivity index (χ1v) is 7.39. The number of nitriles is 1. The Bertz CT molecular complexity index is 546. The molecule has 0 saturated heterocycles.